The molecule has 7 heteroatoms. The third-order valence-electron chi connectivity index (χ3n) is 3.60. The van der Waals surface area contributed by atoms with Gasteiger partial charge in [0, 0.05) is 13.3 Å². The summed E-state index contributed by atoms with van der Waals surface area (Å²) >= 11 is 0. The van der Waals surface area contributed by atoms with Crippen LogP contribution in [0.2, 0.25) is 0 Å². The predicted molar refractivity (Wildman–Crippen MR) is 99.4 cm³/mol. The zero-order valence-electron chi connectivity index (χ0n) is 14.7. The van der Waals surface area contributed by atoms with Crippen LogP contribution in [0.5, 0.6) is 0 Å². The van der Waals surface area contributed by atoms with Crippen LogP contribution in [0.3, 0.4) is 0 Å². The monoisotopic (exact) mass is 374 g/mol. The van der Waals surface area contributed by atoms with Crippen LogP contribution in [0.4, 0.5) is 0 Å². The van der Waals surface area contributed by atoms with Crippen molar-refractivity contribution in [1.29, 1.82) is 0 Å². The van der Waals surface area contributed by atoms with E-state index >= 15 is 0 Å². The molecule has 0 atom stereocenters. The maximum absolute atomic E-state index is 10.5. The van der Waals surface area contributed by atoms with Crippen molar-refractivity contribution in [3.63, 3.8) is 0 Å². The van der Waals surface area contributed by atoms with Gasteiger partial charge in [0.15, 0.2) is 5.89 Å². The zero-order chi connectivity index (χ0) is 19.2. The molecule has 2 aromatic carbocycles. The number of oxazole rings is 1. The molecule has 3 aromatic rings. The van der Waals surface area contributed by atoms with Gasteiger partial charge in [-0.25, -0.2) is 4.98 Å². The molecule has 0 spiro atoms. The number of hydrogen-bond donors (Lipinski definition) is 2. The normalized spacial score (nSPS) is 10.9. The molecule has 3 rings (SSSR count). The summed E-state index contributed by atoms with van der Waals surface area (Å²) < 4.78 is 35.0. The highest BCUT2D eigenvalue weighted by Crippen LogP contribution is 2.14. The number of hydrogen-bond acceptors (Lipinski definition) is 5. The van der Waals surface area contributed by atoms with Crippen molar-refractivity contribution in [3.8, 4) is 0 Å². The van der Waals surface area contributed by atoms with Crippen LogP contribution in [0, 0.1) is 13.8 Å². The maximum Gasteiger partial charge on any atom is 0.294 e. The van der Waals surface area contributed by atoms with Gasteiger partial charge in [-0.15, -0.1) is 0 Å². The molecular weight excluding hydrogens is 352 g/mol. The molecule has 0 saturated carbocycles. The Labute approximate surface area is 153 Å². The second-order valence-electron chi connectivity index (χ2n) is 5.76. The van der Waals surface area contributed by atoms with Gasteiger partial charge in [-0.3, -0.25) is 4.55 Å². The molecular formula is C19H22N2O4S. The number of benzene rings is 2. The predicted octanol–water partition coefficient (Wildman–Crippen LogP) is 3.27. The quantitative estimate of drug-likeness (QED) is 0.679. The van der Waals surface area contributed by atoms with Crippen LogP contribution in [0.15, 0.2) is 63.9 Å². The number of nitrogens with zero attached hydrogens (tertiary/aromatic N) is 1. The van der Waals surface area contributed by atoms with Crippen molar-refractivity contribution in [2.45, 2.75) is 31.7 Å². The lowest BCUT2D eigenvalue weighted by atomic mass is 10.1. The summed E-state index contributed by atoms with van der Waals surface area (Å²) in [6, 6.07) is 16.2. The van der Waals surface area contributed by atoms with E-state index in [4.69, 9.17) is 14.7 Å². The fourth-order valence-corrected chi connectivity index (χ4v) is 2.79. The lowest BCUT2D eigenvalue weighted by Gasteiger charge is -1.98. The molecule has 0 amide bonds. The molecule has 0 unspecified atom stereocenters. The third-order valence-corrected chi connectivity index (χ3v) is 4.47. The van der Waals surface area contributed by atoms with Crippen molar-refractivity contribution in [2.24, 2.45) is 5.73 Å². The summed E-state index contributed by atoms with van der Waals surface area (Å²) in [5.41, 5.74) is 8.71. The molecule has 0 aliphatic heterocycles. The number of nitrogens with two attached hydrogens (primary N) is 1. The van der Waals surface area contributed by atoms with E-state index in [0.717, 1.165) is 23.4 Å². The topological polar surface area (TPSA) is 106 Å². The first kappa shape index (κ1) is 19.8. The number of rotatable bonds is 4. The van der Waals surface area contributed by atoms with Gasteiger partial charge in [-0.05, 0) is 24.6 Å². The van der Waals surface area contributed by atoms with Crippen molar-refractivity contribution < 1.29 is 17.4 Å². The minimum atomic E-state index is -4.02. The lowest BCUT2D eigenvalue weighted by molar-refractivity contribution is 0.475. The zero-order valence-corrected chi connectivity index (χ0v) is 15.5. The van der Waals surface area contributed by atoms with Gasteiger partial charge in [0.05, 0.1) is 17.1 Å². The Bertz CT molecular complexity index is 933. The van der Waals surface area contributed by atoms with E-state index in [2.05, 4.69) is 17.1 Å². The number of aryl methyl sites for hydroxylation is 2. The van der Waals surface area contributed by atoms with Gasteiger partial charge < -0.3 is 10.2 Å². The lowest BCUT2D eigenvalue weighted by Crippen LogP contribution is -2.00. The molecule has 0 bridgehead atoms. The van der Waals surface area contributed by atoms with E-state index < -0.39 is 10.1 Å². The van der Waals surface area contributed by atoms with E-state index in [0.29, 0.717) is 12.4 Å². The summed E-state index contributed by atoms with van der Waals surface area (Å²) in [4.78, 5) is 4.26. The van der Waals surface area contributed by atoms with E-state index in [1.807, 2.05) is 32.0 Å². The maximum atomic E-state index is 10.5. The highest BCUT2D eigenvalue weighted by molar-refractivity contribution is 7.85. The van der Waals surface area contributed by atoms with E-state index in [9.17, 15) is 8.42 Å². The second kappa shape index (κ2) is 8.75. The minimum Gasteiger partial charge on any atom is -0.444 e. The van der Waals surface area contributed by atoms with Crippen molar-refractivity contribution in [1.82, 2.24) is 4.98 Å². The van der Waals surface area contributed by atoms with E-state index in [1.165, 1.54) is 17.7 Å². The standard InChI is InChI=1S/C12H14N2O.C7H8O3S/c1-9-14-11(12(8-13)15-9)7-10-5-3-2-4-6-10;1-6-2-4-7(5-3-6)11(8,9)10/h2-6H,7-8,13H2,1H3;2-5H,1H3,(H,8,9,10). The van der Waals surface area contributed by atoms with Gasteiger partial charge in [0.1, 0.15) is 5.76 Å². The summed E-state index contributed by atoms with van der Waals surface area (Å²) in [5.74, 6) is 1.47. The molecule has 6 nitrogen and oxygen atoms in total. The minimum absolute atomic E-state index is 0.0666. The highest BCUT2D eigenvalue weighted by Gasteiger charge is 2.09. The van der Waals surface area contributed by atoms with E-state index in [-0.39, 0.29) is 4.90 Å². The van der Waals surface area contributed by atoms with Crippen LogP contribution >= 0.6 is 0 Å². The first-order chi connectivity index (χ1) is 12.3. The molecule has 1 heterocycles. The van der Waals surface area contributed by atoms with Gasteiger partial charge in [0.25, 0.3) is 10.1 Å². The van der Waals surface area contributed by atoms with Crippen molar-refractivity contribution >= 4 is 10.1 Å². The van der Waals surface area contributed by atoms with Crippen LogP contribution in [0.25, 0.3) is 0 Å². The van der Waals surface area contributed by atoms with Crippen LogP contribution in [-0.4, -0.2) is 18.0 Å². The first-order valence-corrected chi connectivity index (χ1v) is 9.47. The van der Waals surface area contributed by atoms with E-state index in [1.54, 1.807) is 12.1 Å². The molecule has 1 aromatic heterocycles. The Hall–Kier alpha value is -2.48. The Morgan fingerprint density at radius 1 is 1.04 bits per heavy atom. The highest BCUT2D eigenvalue weighted by atomic mass is 32.2. The molecule has 3 N–H and O–H groups in total. The average Bonchev–Trinajstić information content (AvgIpc) is 2.95. The fraction of sp³-hybridized carbons (Fsp3) is 0.211. The Morgan fingerprint density at radius 2 is 1.65 bits per heavy atom. The molecule has 0 radical (unpaired) electrons. The Morgan fingerprint density at radius 3 is 2.19 bits per heavy atom. The summed E-state index contributed by atoms with van der Waals surface area (Å²) in [6.07, 6.45) is 0.782. The summed E-state index contributed by atoms with van der Waals surface area (Å²) in [7, 11) is -4.02. The van der Waals surface area contributed by atoms with Crippen LogP contribution in [0.1, 0.15) is 28.5 Å². The SMILES string of the molecule is Cc1ccc(S(=O)(=O)O)cc1.Cc1nc(Cc2ccccc2)c(CN)o1. The van der Waals surface area contributed by atoms with Gasteiger partial charge in [0.2, 0.25) is 0 Å². The van der Waals surface area contributed by atoms with Crippen molar-refractivity contribution in [3.05, 3.63) is 83.1 Å². The summed E-state index contributed by atoms with van der Waals surface area (Å²) in [5, 5.41) is 0. The van der Waals surface area contributed by atoms with Gasteiger partial charge in [-0.2, -0.15) is 8.42 Å². The van der Waals surface area contributed by atoms with Crippen LogP contribution < -0.4 is 5.73 Å². The van der Waals surface area contributed by atoms with Gasteiger partial charge >= 0.3 is 0 Å². The third kappa shape index (κ3) is 5.80. The summed E-state index contributed by atoms with van der Waals surface area (Å²) in [6.45, 7) is 4.09. The Balaban J connectivity index is 0.000000197. The molecule has 0 aliphatic carbocycles. The van der Waals surface area contributed by atoms with Crippen molar-refractivity contribution in [2.75, 3.05) is 0 Å². The number of aromatic nitrogens is 1. The largest absolute Gasteiger partial charge is 0.444 e. The second-order valence-corrected chi connectivity index (χ2v) is 7.18. The molecule has 26 heavy (non-hydrogen) atoms. The Kier molecular flexibility index (Phi) is 6.68. The first-order valence-electron chi connectivity index (χ1n) is 8.03. The fourth-order valence-electron chi connectivity index (χ4n) is 2.31. The average molecular weight is 374 g/mol. The molecule has 0 fully saturated rings. The van der Waals surface area contributed by atoms with Crippen LogP contribution in [-0.2, 0) is 23.1 Å². The molecule has 0 saturated heterocycles. The smallest absolute Gasteiger partial charge is 0.294 e. The molecule has 138 valence electrons. The van der Waals surface area contributed by atoms with Gasteiger partial charge in [-0.1, -0.05) is 48.0 Å². The molecule has 0 aliphatic rings.